The van der Waals surface area contributed by atoms with Crippen molar-refractivity contribution in [1.82, 2.24) is 0 Å². The average Bonchev–Trinajstić information content (AvgIpc) is 2.10. The van der Waals surface area contributed by atoms with Crippen LogP contribution in [0.3, 0.4) is 0 Å². The standard InChI is InChI=1S/H16O4SSi7/c6-1-8-3-10-5-12-11-4-9-2-7/h8-12H2,6-7H3. The van der Waals surface area contributed by atoms with Gasteiger partial charge in [0.1, 0.15) is 30.3 Å². The van der Waals surface area contributed by atoms with Gasteiger partial charge < -0.3 is 16.5 Å². The van der Waals surface area contributed by atoms with Crippen LogP contribution in [0.1, 0.15) is 0 Å². The van der Waals surface area contributed by atoms with Gasteiger partial charge in [-0.25, -0.2) is 0 Å². The molecule has 0 rings (SSSR count). The van der Waals surface area contributed by atoms with Crippen molar-refractivity contribution in [2.45, 2.75) is 0 Å². The van der Waals surface area contributed by atoms with E-state index in [1.165, 1.54) is 0 Å². The fraction of sp³-hybridized carbons (Fsp3) is 0. The predicted octanol–water partition coefficient (Wildman–Crippen LogP) is -6.57. The molecule has 0 unspecified atom stereocenters. The lowest BCUT2D eigenvalue weighted by Crippen LogP contribution is -2.13. The van der Waals surface area contributed by atoms with Gasteiger partial charge in [-0.1, -0.05) is 0 Å². The lowest BCUT2D eigenvalue weighted by molar-refractivity contribution is 0.509. The lowest BCUT2D eigenvalue weighted by Gasteiger charge is -2.02. The fourth-order valence-electron chi connectivity index (χ4n) is 0.495. The average molecular weight is 309 g/mol. The highest BCUT2D eigenvalue weighted by Gasteiger charge is 1.92. The summed E-state index contributed by atoms with van der Waals surface area (Å²) >= 11 is 0. The van der Waals surface area contributed by atoms with E-state index in [1.54, 1.807) is 0 Å². The zero-order valence-electron chi connectivity index (χ0n) is 7.58. The maximum atomic E-state index is 5.47. The van der Waals surface area contributed by atoms with Crippen molar-refractivity contribution in [1.29, 1.82) is 0 Å². The van der Waals surface area contributed by atoms with Gasteiger partial charge in [-0.3, -0.25) is 0 Å². The zero-order valence-corrected chi connectivity index (χ0v) is 19.5. The SMILES string of the molecule is [SiH3]O[SiH2]O[SiH2][SiH2]S[SiH2]O[SiH2]O[SiH3]. The summed E-state index contributed by atoms with van der Waals surface area (Å²) in [5, 5.41) is 0. The smallest absolute Gasteiger partial charge is 0.283 e. The van der Waals surface area contributed by atoms with Crippen LogP contribution in [0.15, 0.2) is 0 Å². The first-order valence-corrected chi connectivity index (χ1v) is 17.3. The summed E-state index contributed by atoms with van der Waals surface area (Å²) in [5.74, 6) is 0. The highest BCUT2D eigenvalue weighted by atomic mass is 32.5. The summed E-state index contributed by atoms with van der Waals surface area (Å²) in [4.78, 5) is 0. The summed E-state index contributed by atoms with van der Waals surface area (Å²) in [6.45, 7) is 0. The highest BCUT2D eigenvalue weighted by molar-refractivity contribution is 8.43. The summed E-state index contributed by atoms with van der Waals surface area (Å²) in [7, 11) is 2.43. The van der Waals surface area contributed by atoms with Crippen LogP contribution in [-0.2, 0) is 16.5 Å². The molecule has 0 atom stereocenters. The Balaban J connectivity index is 2.73. The highest BCUT2D eigenvalue weighted by Crippen LogP contribution is 1.91. The summed E-state index contributed by atoms with van der Waals surface area (Å²) in [6, 6.07) is 0. The molecule has 74 valence electrons. The molecule has 0 heterocycles. The van der Waals surface area contributed by atoms with Crippen LogP contribution in [-0.4, -0.2) is 67.4 Å². The molecule has 0 aliphatic heterocycles. The van der Waals surface area contributed by atoms with E-state index in [9.17, 15) is 0 Å². The third kappa shape index (κ3) is 11.7. The van der Waals surface area contributed by atoms with Crippen molar-refractivity contribution in [2.24, 2.45) is 0 Å². The van der Waals surface area contributed by atoms with Gasteiger partial charge in [0.2, 0.25) is 8.91 Å². The van der Waals surface area contributed by atoms with Crippen LogP contribution in [0.4, 0.5) is 0 Å². The summed E-state index contributed by atoms with van der Waals surface area (Å²) in [5.41, 5.74) is 0. The zero-order chi connectivity index (χ0) is 9.07. The molecule has 0 aromatic carbocycles. The molecule has 4 nitrogen and oxygen atoms in total. The maximum Gasteiger partial charge on any atom is 0.283 e. The molecule has 0 saturated carbocycles. The molecule has 0 amide bonds. The minimum Gasteiger partial charge on any atom is -0.449 e. The van der Waals surface area contributed by atoms with Crippen molar-refractivity contribution in [2.75, 3.05) is 0 Å². The predicted molar refractivity (Wildman–Crippen MR) is 74.5 cm³/mol. The first-order valence-electron chi connectivity index (χ1n) is 3.63. The Labute approximate surface area is 94.2 Å². The number of hydrogen-bond acceptors (Lipinski definition) is 5. The topological polar surface area (TPSA) is 36.9 Å². The Morgan fingerprint density at radius 1 is 1.00 bits per heavy atom. The monoisotopic (exact) mass is 308 g/mol. The van der Waals surface area contributed by atoms with Gasteiger partial charge in [-0.2, -0.15) is 10.7 Å². The molecule has 0 spiro atoms. The molecule has 0 aromatic heterocycles. The van der Waals surface area contributed by atoms with Crippen LogP contribution in [0.2, 0.25) is 0 Å². The number of hydrogen-bond donors (Lipinski definition) is 0. The molecule has 0 bridgehead atoms. The molecule has 12 heavy (non-hydrogen) atoms. The lowest BCUT2D eigenvalue weighted by atomic mass is 15.8. The van der Waals surface area contributed by atoms with Gasteiger partial charge in [0.05, 0.1) is 8.19 Å². The van der Waals surface area contributed by atoms with Crippen LogP contribution in [0, 0.1) is 0 Å². The first-order chi connectivity index (χ1) is 5.91. The Hall–Kier alpha value is 1.71. The van der Waals surface area contributed by atoms with Crippen molar-refractivity contribution < 1.29 is 16.5 Å². The van der Waals surface area contributed by atoms with Crippen molar-refractivity contribution in [3.05, 3.63) is 0 Å². The van der Waals surface area contributed by atoms with Crippen molar-refractivity contribution in [3.8, 4) is 0 Å². The Morgan fingerprint density at radius 3 is 2.33 bits per heavy atom. The van der Waals surface area contributed by atoms with E-state index in [2.05, 4.69) is 10.7 Å². The van der Waals surface area contributed by atoms with Crippen LogP contribution in [0.25, 0.3) is 0 Å². The molecule has 0 fully saturated rings. The van der Waals surface area contributed by atoms with E-state index in [0.29, 0.717) is 0 Å². The molecule has 0 aromatic rings. The summed E-state index contributed by atoms with van der Waals surface area (Å²) in [6.07, 6.45) is 0. The molecular weight excluding hydrogens is 293 g/mol. The first kappa shape index (κ1) is 13.7. The minimum absolute atomic E-state index is 0.0812. The van der Waals surface area contributed by atoms with Crippen LogP contribution < -0.4 is 0 Å². The van der Waals surface area contributed by atoms with E-state index in [4.69, 9.17) is 16.5 Å². The second kappa shape index (κ2) is 12.7. The van der Waals surface area contributed by atoms with E-state index in [0.717, 1.165) is 21.0 Å². The minimum atomic E-state index is -0.533. The second-order valence-corrected chi connectivity index (χ2v) is 23.5. The van der Waals surface area contributed by atoms with Crippen molar-refractivity contribution in [3.63, 3.8) is 0 Å². The largest absolute Gasteiger partial charge is 0.449 e. The van der Waals surface area contributed by atoms with E-state index >= 15 is 0 Å². The van der Waals surface area contributed by atoms with E-state index in [1.807, 2.05) is 0 Å². The molecule has 0 N–H and O–H groups in total. The Morgan fingerprint density at radius 2 is 1.67 bits per heavy atom. The van der Waals surface area contributed by atoms with Crippen LogP contribution >= 0.6 is 10.7 Å². The van der Waals surface area contributed by atoms with E-state index in [-0.39, 0.29) is 26.4 Å². The molecular formula is H16O4SSi7. The van der Waals surface area contributed by atoms with Gasteiger partial charge in [0, 0.05) is 0 Å². The number of rotatable bonds is 9. The molecule has 0 saturated heterocycles. The van der Waals surface area contributed by atoms with Crippen molar-refractivity contribution >= 4 is 78.0 Å². The van der Waals surface area contributed by atoms with Crippen LogP contribution in [0.5, 0.6) is 0 Å². The Bertz CT molecular complexity index is 71.8. The molecule has 0 aliphatic carbocycles. The molecule has 12 heteroatoms. The molecule has 0 aliphatic rings. The quantitative estimate of drug-likeness (QED) is 0.313. The van der Waals surface area contributed by atoms with Gasteiger partial charge in [-0.05, 0) is 0 Å². The summed E-state index contributed by atoms with van der Waals surface area (Å²) < 4.78 is 21.0. The molecule has 0 radical (unpaired) electrons. The second-order valence-electron chi connectivity index (χ2n) is 1.95. The Kier molecular flexibility index (Phi) is 14.5. The third-order valence-electron chi connectivity index (χ3n) is 0.941. The maximum absolute atomic E-state index is 5.47. The third-order valence-corrected chi connectivity index (χ3v) is 26.0. The normalized spacial score (nSPS) is 16.0. The fourth-order valence-corrected chi connectivity index (χ4v) is 26.1. The van der Waals surface area contributed by atoms with Gasteiger partial charge in [-0.15, -0.1) is 0 Å². The van der Waals surface area contributed by atoms with Gasteiger partial charge >= 0.3 is 0 Å². The van der Waals surface area contributed by atoms with E-state index < -0.39 is 20.0 Å². The van der Waals surface area contributed by atoms with Gasteiger partial charge in [0.15, 0.2) is 0 Å². The van der Waals surface area contributed by atoms with Gasteiger partial charge in [0.25, 0.3) is 20.0 Å².